The van der Waals surface area contributed by atoms with Gasteiger partial charge in [-0.3, -0.25) is 9.59 Å². The lowest BCUT2D eigenvalue weighted by Crippen LogP contribution is -2.31. The quantitative estimate of drug-likeness (QED) is 0.466. The van der Waals surface area contributed by atoms with Gasteiger partial charge in [-0.1, -0.05) is 23.8 Å². The lowest BCUT2D eigenvalue weighted by Gasteiger charge is -2.17. The largest absolute Gasteiger partial charge is 0.497 e. The number of thioether (sulfide) groups is 1. The number of anilines is 1. The van der Waals surface area contributed by atoms with E-state index in [4.69, 9.17) is 13.9 Å². The number of carbonyl (C=O) groups excluding carboxylic acids is 2. The van der Waals surface area contributed by atoms with Gasteiger partial charge in [-0.2, -0.15) is 0 Å². The third kappa shape index (κ3) is 4.03. The Bertz CT molecular complexity index is 1190. The maximum Gasteiger partial charge on any atom is 0.272 e. The molecule has 0 unspecified atom stereocenters. The number of nitrogens with zero attached hydrogens (tertiary/aromatic N) is 1. The maximum atomic E-state index is 13.7. The first-order chi connectivity index (χ1) is 15.4. The molecule has 7 heteroatoms. The number of hydrogen-bond donors (Lipinski definition) is 0. The molecule has 0 spiro atoms. The Kier molecular flexibility index (Phi) is 6.10. The van der Waals surface area contributed by atoms with Gasteiger partial charge in [0.05, 0.1) is 42.4 Å². The second-order valence-electron chi connectivity index (χ2n) is 7.41. The highest BCUT2D eigenvalue weighted by Crippen LogP contribution is 2.42. The minimum atomic E-state index is -0.378. The number of rotatable bonds is 7. The number of ether oxygens (including phenoxy) is 2. The molecule has 4 rings (SSSR count). The minimum Gasteiger partial charge on any atom is -0.497 e. The Labute approximate surface area is 190 Å². The normalized spacial score (nSPS) is 13.8. The van der Waals surface area contributed by atoms with E-state index in [0.29, 0.717) is 33.4 Å². The molecule has 32 heavy (non-hydrogen) atoms. The molecular formula is C25H23NO5S. The van der Waals surface area contributed by atoms with Gasteiger partial charge < -0.3 is 13.9 Å². The molecule has 2 aromatic carbocycles. The summed E-state index contributed by atoms with van der Waals surface area (Å²) in [6.45, 7) is 3.94. The van der Waals surface area contributed by atoms with Crippen LogP contribution in [0.1, 0.15) is 22.5 Å². The first-order valence-electron chi connectivity index (χ1n) is 10.0. The van der Waals surface area contributed by atoms with Crippen molar-refractivity contribution in [3.8, 4) is 11.5 Å². The molecule has 0 N–H and O–H groups in total. The van der Waals surface area contributed by atoms with E-state index in [2.05, 4.69) is 0 Å². The lowest BCUT2D eigenvalue weighted by atomic mass is 9.99. The van der Waals surface area contributed by atoms with Gasteiger partial charge in [0.15, 0.2) is 0 Å². The van der Waals surface area contributed by atoms with E-state index in [1.165, 1.54) is 30.9 Å². The predicted octanol–water partition coefficient (Wildman–Crippen LogP) is 5.13. The monoisotopic (exact) mass is 449 g/mol. The van der Waals surface area contributed by atoms with Crippen LogP contribution in [0.2, 0.25) is 0 Å². The number of methoxy groups -OCH3 is 2. The highest BCUT2D eigenvalue weighted by Gasteiger charge is 2.41. The molecule has 3 aromatic rings. The van der Waals surface area contributed by atoms with Crippen molar-refractivity contribution >= 4 is 34.8 Å². The number of imide groups is 1. The van der Waals surface area contributed by atoms with E-state index in [9.17, 15) is 9.59 Å². The van der Waals surface area contributed by atoms with Gasteiger partial charge >= 0.3 is 0 Å². The van der Waals surface area contributed by atoms with Crippen LogP contribution in [0.5, 0.6) is 11.5 Å². The second kappa shape index (κ2) is 8.96. The molecule has 0 saturated heterocycles. The molecule has 1 aromatic heterocycles. The molecule has 164 valence electrons. The molecule has 6 nitrogen and oxygen atoms in total. The summed E-state index contributed by atoms with van der Waals surface area (Å²) in [5.41, 5.74) is 3.55. The van der Waals surface area contributed by atoms with Gasteiger partial charge in [0.2, 0.25) is 0 Å². The van der Waals surface area contributed by atoms with Crippen molar-refractivity contribution < 1.29 is 23.5 Å². The number of benzene rings is 2. The zero-order valence-electron chi connectivity index (χ0n) is 18.3. The van der Waals surface area contributed by atoms with Gasteiger partial charge in [0.1, 0.15) is 17.3 Å². The summed E-state index contributed by atoms with van der Waals surface area (Å²) in [6.07, 6.45) is 1.59. The summed E-state index contributed by atoms with van der Waals surface area (Å²) in [5.74, 6) is 1.39. The lowest BCUT2D eigenvalue weighted by molar-refractivity contribution is -0.119. The molecule has 2 heterocycles. The van der Waals surface area contributed by atoms with Crippen LogP contribution in [0.25, 0.3) is 5.57 Å². The molecule has 0 bridgehead atoms. The molecule has 0 atom stereocenters. The number of carbonyl (C=O) groups is 2. The Morgan fingerprint density at radius 3 is 2.25 bits per heavy atom. The minimum absolute atomic E-state index is 0.376. The summed E-state index contributed by atoms with van der Waals surface area (Å²) < 4.78 is 16.1. The number of furan rings is 1. The number of hydrogen-bond acceptors (Lipinski definition) is 6. The maximum absolute atomic E-state index is 13.7. The van der Waals surface area contributed by atoms with E-state index < -0.39 is 0 Å². The van der Waals surface area contributed by atoms with Crippen molar-refractivity contribution in [2.45, 2.75) is 19.6 Å². The van der Waals surface area contributed by atoms with Crippen LogP contribution in [-0.2, 0) is 15.3 Å². The molecule has 1 aliphatic rings. The number of aryl methyl sites for hydroxylation is 2. The van der Waals surface area contributed by atoms with E-state index >= 15 is 0 Å². The van der Waals surface area contributed by atoms with Gasteiger partial charge in [-0.25, -0.2) is 4.90 Å². The zero-order chi connectivity index (χ0) is 22.8. The highest BCUT2D eigenvalue weighted by molar-refractivity contribution is 8.03. The molecule has 2 amide bonds. The van der Waals surface area contributed by atoms with Crippen LogP contribution in [0.3, 0.4) is 0 Å². The van der Waals surface area contributed by atoms with Crippen molar-refractivity contribution in [2.75, 3.05) is 19.1 Å². The second-order valence-corrected chi connectivity index (χ2v) is 8.39. The first kappa shape index (κ1) is 21.8. The van der Waals surface area contributed by atoms with Crippen LogP contribution in [0.4, 0.5) is 5.69 Å². The van der Waals surface area contributed by atoms with Crippen LogP contribution >= 0.6 is 11.8 Å². The topological polar surface area (TPSA) is 69.0 Å². The van der Waals surface area contributed by atoms with E-state index in [0.717, 1.165) is 22.5 Å². The van der Waals surface area contributed by atoms with E-state index in [-0.39, 0.29) is 11.8 Å². The molecular weight excluding hydrogens is 426 g/mol. The first-order valence-corrected chi connectivity index (χ1v) is 11.0. The number of amides is 2. The van der Waals surface area contributed by atoms with Crippen LogP contribution in [-0.4, -0.2) is 26.0 Å². The average molecular weight is 450 g/mol. The molecule has 0 fully saturated rings. The Morgan fingerprint density at radius 1 is 0.938 bits per heavy atom. The molecule has 1 aliphatic heterocycles. The SMILES string of the molecule is COc1cc(OC)cc(N2C(=O)C(SCc3ccco3)=C(c3ccc(C)cc3C)C2=O)c1. The van der Waals surface area contributed by atoms with Gasteiger partial charge in [0.25, 0.3) is 11.8 Å². The third-order valence-electron chi connectivity index (χ3n) is 5.23. The molecule has 0 saturated carbocycles. The highest BCUT2D eigenvalue weighted by atomic mass is 32.2. The summed E-state index contributed by atoms with van der Waals surface area (Å²) in [5, 5.41) is 0. The average Bonchev–Trinajstić information content (AvgIpc) is 3.38. The van der Waals surface area contributed by atoms with Crippen LogP contribution < -0.4 is 14.4 Å². The fourth-order valence-corrected chi connectivity index (χ4v) is 4.68. The third-order valence-corrected chi connectivity index (χ3v) is 6.32. The Morgan fingerprint density at radius 2 is 1.66 bits per heavy atom. The van der Waals surface area contributed by atoms with Crippen molar-refractivity contribution in [3.63, 3.8) is 0 Å². The van der Waals surface area contributed by atoms with Gasteiger partial charge in [0, 0.05) is 18.2 Å². The Hall–Kier alpha value is -3.45. The fourth-order valence-electron chi connectivity index (χ4n) is 3.67. The standard InChI is InChI=1S/C25H23NO5S/c1-15-7-8-21(16(2)10-15)22-23(32-14-18-6-5-9-31-18)25(28)26(24(22)27)17-11-19(29-3)13-20(12-17)30-4/h5-13H,14H2,1-4H3. The van der Waals surface area contributed by atoms with Crippen LogP contribution in [0.15, 0.2) is 64.1 Å². The smallest absolute Gasteiger partial charge is 0.272 e. The summed E-state index contributed by atoms with van der Waals surface area (Å²) in [6, 6.07) is 14.5. The van der Waals surface area contributed by atoms with Crippen LogP contribution in [0, 0.1) is 13.8 Å². The van der Waals surface area contributed by atoms with Gasteiger partial charge in [-0.15, -0.1) is 11.8 Å². The van der Waals surface area contributed by atoms with E-state index in [1.54, 1.807) is 30.5 Å². The summed E-state index contributed by atoms with van der Waals surface area (Å²) in [7, 11) is 3.05. The Balaban J connectivity index is 1.81. The van der Waals surface area contributed by atoms with Crippen molar-refractivity contribution in [1.29, 1.82) is 0 Å². The zero-order valence-corrected chi connectivity index (χ0v) is 19.1. The fraction of sp³-hybridized carbons (Fsp3) is 0.200. The van der Waals surface area contributed by atoms with Crippen molar-refractivity contribution in [2.24, 2.45) is 0 Å². The predicted molar refractivity (Wildman–Crippen MR) is 125 cm³/mol. The summed E-state index contributed by atoms with van der Waals surface area (Å²) >= 11 is 1.30. The van der Waals surface area contributed by atoms with Gasteiger partial charge in [-0.05, 0) is 37.1 Å². The molecule has 0 aliphatic carbocycles. The van der Waals surface area contributed by atoms with Crippen molar-refractivity contribution in [3.05, 3.63) is 82.1 Å². The molecule has 0 radical (unpaired) electrons. The summed E-state index contributed by atoms with van der Waals surface area (Å²) in [4.78, 5) is 28.8. The van der Waals surface area contributed by atoms with Crippen molar-refractivity contribution in [1.82, 2.24) is 0 Å². The van der Waals surface area contributed by atoms with E-state index in [1.807, 2.05) is 38.1 Å².